The average molecular weight is 659 g/mol. The minimum absolute atomic E-state index is 0.0462. The van der Waals surface area contributed by atoms with Gasteiger partial charge in [-0.2, -0.15) is 0 Å². The first-order valence-corrected chi connectivity index (χ1v) is 17.5. The first-order chi connectivity index (χ1) is 22.9. The van der Waals surface area contributed by atoms with E-state index in [4.69, 9.17) is 14.5 Å². The highest BCUT2D eigenvalue weighted by molar-refractivity contribution is 5.81. The van der Waals surface area contributed by atoms with Crippen LogP contribution in [0.1, 0.15) is 80.3 Å². The maximum atomic E-state index is 13.7. The summed E-state index contributed by atoms with van der Waals surface area (Å²) in [5.74, 6) is 0.0933. The molecule has 1 aromatic heterocycles. The van der Waals surface area contributed by atoms with Crippen LogP contribution in [0.25, 0.3) is 0 Å². The van der Waals surface area contributed by atoms with Crippen LogP contribution in [0.3, 0.4) is 0 Å². The summed E-state index contributed by atoms with van der Waals surface area (Å²) in [6.07, 6.45) is 5.50. The smallest absolute Gasteiger partial charge is 0.250 e. The Morgan fingerprint density at radius 3 is 2.62 bits per heavy atom. The maximum absolute atomic E-state index is 13.7. The second kappa shape index (κ2) is 14.6. The van der Waals surface area contributed by atoms with Gasteiger partial charge in [-0.25, -0.2) is 9.37 Å². The molecule has 48 heavy (non-hydrogen) atoms. The number of carbonyl (C=O) groups excluding carboxylic acids is 1. The molecule has 258 valence electrons. The number of aliphatic hydroxyl groups excluding tert-OH is 1. The van der Waals surface area contributed by atoms with Crippen molar-refractivity contribution in [3.05, 3.63) is 94.4 Å². The van der Waals surface area contributed by atoms with Crippen molar-refractivity contribution in [1.29, 1.82) is 0 Å². The van der Waals surface area contributed by atoms with Crippen molar-refractivity contribution in [3.63, 3.8) is 0 Å². The van der Waals surface area contributed by atoms with Crippen molar-refractivity contribution in [2.45, 2.75) is 103 Å². The summed E-state index contributed by atoms with van der Waals surface area (Å²) in [6, 6.07) is 16.2. The number of aryl methyl sites for hydroxylation is 1. The Bertz CT molecular complexity index is 1550. The molecule has 0 bridgehead atoms. The first kappa shape index (κ1) is 34.5. The van der Waals surface area contributed by atoms with Gasteiger partial charge in [-0.3, -0.25) is 9.69 Å². The van der Waals surface area contributed by atoms with Gasteiger partial charge in [0, 0.05) is 50.4 Å². The Labute approximate surface area is 284 Å². The molecule has 3 aromatic rings. The van der Waals surface area contributed by atoms with Gasteiger partial charge in [0.2, 0.25) is 5.88 Å². The summed E-state index contributed by atoms with van der Waals surface area (Å²) in [5.41, 5.74) is 5.30. The normalized spacial score (nSPS) is 21.9. The number of aromatic nitrogens is 1. The van der Waals surface area contributed by atoms with E-state index < -0.39 is 18.2 Å². The highest BCUT2D eigenvalue weighted by Crippen LogP contribution is 2.48. The summed E-state index contributed by atoms with van der Waals surface area (Å²) >= 11 is 0. The standard InChI is InChI=1S/C39H51FN4O4/c1-26-7-5-8-28(17-26)24-44-15-16-47-35(25-44)36(46)43-32(19-27-9-11-30(40)12-10-27)34(45)23-41-33-21-39(13-6-14-39)48-37-31(33)18-29(22-42-37)20-38(2,3)4/h5,7-12,17-18,22,32-35,41,45H,6,13-16,19-21,23-25H2,1-4H3,(H,43,46)/t32-,33-,34-,35+/m0/s1. The molecule has 2 fully saturated rings. The van der Waals surface area contributed by atoms with Crippen molar-refractivity contribution in [1.82, 2.24) is 20.5 Å². The topological polar surface area (TPSA) is 96.0 Å². The van der Waals surface area contributed by atoms with Crippen LogP contribution in [0.5, 0.6) is 5.88 Å². The predicted octanol–water partition coefficient (Wildman–Crippen LogP) is 5.44. The minimum atomic E-state index is -0.916. The van der Waals surface area contributed by atoms with Crippen LogP contribution in [0.15, 0.2) is 60.8 Å². The number of hydrogen-bond donors (Lipinski definition) is 3. The molecule has 0 radical (unpaired) electrons. The number of benzene rings is 2. The molecule has 3 aliphatic rings. The molecule has 2 aliphatic heterocycles. The third-order valence-corrected chi connectivity index (χ3v) is 9.87. The van der Waals surface area contributed by atoms with E-state index in [9.17, 15) is 14.3 Å². The van der Waals surface area contributed by atoms with E-state index in [1.54, 1.807) is 12.1 Å². The molecule has 9 heteroatoms. The summed E-state index contributed by atoms with van der Waals surface area (Å²) in [5, 5.41) is 18.4. The quantitative estimate of drug-likeness (QED) is 0.253. The lowest BCUT2D eigenvalue weighted by atomic mass is 9.73. The van der Waals surface area contributed by atoms with Gasteiger partial charge in [0.05, 0.1) is 18.8 Å². The van der Waals surface area contributed by atoms with Gasteiger partial charge in [-0.15, -0.1) is 0 Å². The molecular formula is C39H51FN4O4. The number of aliphatic hydroxyl groups is 1. The van der Waals surface area contributed by atoms with Crippen molar-refractivity contribution in [2.75, 3.05) is 26.2 Å². The van der Waals surface area contributed by atoms with Crippen LogP contribution in [-0.2, 0) is 28.9 Å². The monoisotopic (exact) mass is 658 g/mol. The molecule has 1 spiro atoms. The van der Waals surface area contributed by atoms with Gasteiger partial charge >= 0.3 is 0 Å². The number of nitrogens with one attached hydrogen (secondary N) is 2. The number of hydrogen-bond acceptors (Lipinski definition) is 7. The third kappa shape index (κ3) is 8.80. The van der Waals surface area contributed by atoms with Crippen molar-refractivity contribution >= 4 is 5.91 Å². The zero-order chi connectivity index (χ0) is 33.9. The molecular weight excluding hydrogens is 607 g/mol. The second-order valence-electron chi connectivity index (χ2n) is 15.4. The molecule has 1 saturated carbocycles. The van der Waals surface area contributed by atoms with E-state index >= 15 is 0 Å². The fourth-order valence-electron chi connectivity index (χ4n) is 7.26. The lowest BCUT2D eigenvalue weighted by Crippen LogP contribution is -2.56. The zero-order valence-electron chi connectivity index (χ0n) is 28.8. The number of nitrogens with zero attached hydrogens (tertiary/aromatic N) is 2. The lowest BCUT2D eigenvalue weighted by molar-refractivity contribution is -0.140. The van der Waals surface area contributed by atoms with Gasteiger partial charge in [-0.05, 0) is 79.3 Å². The van der Waals surface area contributed by atoms with Crippen molar-refractivity contribution in [3.8, 4) is 5.88 Å². The van der Waals surface area contributed by atoms with E-state index in [1.807, 2.05) is 6.20 Å². The molecule has 1 amide bonds. The van der Waals surface area contributed by atoms with Gasteiger partial charge in [0.15, 0.2) is 0 Å². The molecule has 2 aromatic carbocycles. The van der Waals surface area contributed by atoms with Crippen LogP contribution in [0.2, 0.25) is 0 Å². The molecule has 3 heterocycles. The fraction of sp³-hybridized carbons (Fsp3) is 0.538. The number of amides is 1. The Kier molecular flexibility index (Phi) is 10.5. The van der Waals surface area contributed by atoms with E-state index in [0.29, 0.717) is 25.5 Å². The van der Waals surface area contributed by atoms with Gasteiger partial charge in [0.1, 0.15) is 17.5 Å². The summed E-state index contributed by atoms with van der Waals surface area (Å²) in [4.78, 5) is 20.7. The molecule has 4 atom stereocenters. The first-order valence-electron chi connectivity index (χ1n) is 17.5. The van der Waals surface area contributed by atoms with Crippen molar-refractivity contribution < 1.29 is 23.8 Å². The minimum Gasteiger partial charge on any atom is -0.471 e. The number of morpholine rings is 1. The van der Waals surface area contributed by atoms with Crippen LogP contribution in [-0.4, -0.2) is 71.0 Å². The van der Waals surface area contributed by atoms with Crippen LogP contribution < -0.4 is 15.4 Å². The average Bonchev–Trinajstić information content (AvgIpc) is 3.02. The molecule has 6 rings (SSSR count). The molecule has 0 unspecified atom stereocenters. The highest BCUT2D eigenvalue weighted by atomic mass is 19.1. The SMILES string of the molecule is Cc1cccc(CN2CCO[C@@H](C(=O)N[C@@H](Cc3ccc(F)cc3)[C@@H](O)CN[C@H]3CC4(CCC4)Oc4ncc(CC(C)(C)C)cc43)C2)c1. The number of carbonyl (C=O) groups is 1. The van der Waals surface area contributed by atoms with E-state index in [-0.39, 0.29) is 35.3 Å². The van der Waals surface area contributed by atoms with Crippen LogP contribution in [0.4, 0.5) is 4.39 Å². The molecule has 1 saturated heterocycles. The Morgan fingerprint density at radius 2 is 1.92 bits per heavy atom. The Hall–Kier alpha value is -3.37. The number of pyridine rings is 1. The predicted molar refractivity (Wildman–Crippen MR) is 184 cm³/mol. The summed E-state index contributed by atoms with van der Waals surface area (Å²) in [6.45, 7) is 11.4. The summed E-state index contributed by atoms with van der Waals surface area (Å²) in [7, 11) is 0. The number of rotatable bonds is 11. The van der Waals surface area contributed by atoms with E-state index in [2.05, 4.69) is 73.6 Å². The van der Waals surface area contributed by atoms with Gasteiger partial charge in [-0.1, -0.05) is 62.7 Å². The summed E-state index contributed by atoms with van der Waals surface area (Å²) < 4.78 is 26.2. The molecule has 8 nitrogen and oxygen atoms in total. The van der Waals surface area contributed by atoms with Crippen LogP contribution in [0, 0.1) is 18.2 Å². The second-order valence-corrected chi connectivity index (χ2v) is 15.4. The van der Waals surface area contributed by atoms with E-state index in [1.165, 1.54) is 23.3 Å². The number of fused-ring (bicyclic) bond motifs is 1. The van der Waals surface area contributed by atoms with Gasteiger partial charge in [0.25, 0.3) is 5.91 Å². The molecule has 3 N–H and O–H groups in total. The lowest BCUT2D eigenvalue weighted by Gasteiger charge is -2.47. The van der Waals surface area contributed by atoms with Crippen molar-refractivity contribution in [2.24, 2.45) is 5.41 Å². The van der Waals surface area contributed by atoms with Crippen LogP contribution >= 0.6 is 0 Å². The fourth-order valence-corrected chi connectivity index (χ4v) is 7.26. The third-order valence-electron chi connectivity index (χ3n) is 9.87. The Morgan fingerprint density at radius 1 is 1.12 bits per heavy atom. The Balaban J connectivity index is 1.15. The maximum Gasteiger partial charge on any atom is 0.250 e. The van der Waals surface area contributed by atoms with E-state index in [0.717, 1.165) is 61.9 Å². The zero-order valence-corrected chi connectivity index (χ0v) is 28.8. The number of halogens is 1. The highest BCUT2D eigenvalue weighted by Gasteiger charge is 2.46. The molecule has 1 aliphatic carbocycles. The largest absolute Gasteiger partial charge is 0.471 e. The number of ether oxygens (including phenoxy) is 2. The van der Waals surface area contributed by atoms with Gasteiger partial charge < -0.3 is 25.2 Å².